The largest absolute Gasteiger partial charge is 0.375 e. The van der Waals surface area contributed by atoms with Gasteiger partial charge in [-0.3, -0.25) is 4.99 Å². The third-order valence-corrected chi connectivity index (χ3v) is 0.568. The smallest absolute Gasteiger partial charge is 0.0825 e. The van der Waals surface area contributed by atoms with E-state index in [9.17, 15) is 0 Å². The summed E-state index contributed by atoms with van der Waals surface area (Å²) in [5, 5.41) is 2.93. The average molecular weight is 126 g/mol. The Hall–Kier alpha value is -0.0105. The summed E-state index contributed by atoms with van der Waals surface area (Å²) in [6.07, 6.45) is 1.74. The fourth-order valence-electron chi connectivity index (χ4n) is 0.323. The Balaban J connectivity index is 0.000000250. The summed E-state index contributed by atoms with van der Waals surface area (Å²) in [5.74, 6) is 0. The van der Waals surface area contributed by atoms with Crippen molar-refractivity contribution in [2.24, 2.45) is 4.99 Å². The molecule has 0 amide bonds. The van der Waals surface area contributed by atoms with Gasteiger partial charge < -0.3 is 5.32 Å². The monoisotopic (exact) mass is 126 g/mol. The number of hydrogen-bond donors (Lipinski definition) is 1. The van der Waals surface area contributed by atoms with Crippen LogP contribution in [0.3, 0.4) is 0 Å². The van der Waals surface area contributed by atoms with E-state index in [-0.39, 0.29) is 17.1 Å². The summed E-state index contributed by atoms with van der Waals surface area (Å²) in [4.78, 5) is 3.85. The third-order valence-electron chi connectivity index (χ3n) is 0.568. The zero-order valence-electron chi connectivity index (χ0n) is 3.29. The van der Waals surface area contributed by atoms with Crippen molar-refractivity contribution in [2.45, 2.75) is 0 Å². The molecule has 0 radical (unpaired) electrons. The summed E-state index contributed by atoms with van der Waals surface area (Å²) in [7, 11) is 0. The van der Waals surface area contributed by atoms with Gasteiger partial charge in [-0.15, -0.1) is 0 Å². The molecule has 0 aromatic carbocycles. The molecule has 0 spiro atoms. The Morgan fingerprint density at radius 1 is 1.67 bits per heavy atom. The molecule has 1 N–H and O–H groups in total. The molecule has 0 fully saturated rings. The van der Waals surface area contributed by atoms with Gasteiger partial charge in [-0.1, -0.05) is 0 Å². The van der Waals surface area contributed by atoms with Crippen LogP contribution in [0.4, 0.5) is 0 Å². The number of aliphatic imine (C=N–C) groups is 1. The Morgan fingerprint density at radius 3 is 2.67 bits per heavy atom. The van der Waals surface area contributed by atoms with Crippen LogP contribution in [0.15, 0.2) is 4.99 Å². The molecule has 0 saturated heterocycles. The summed E-state index contributed by atoms with van der Waals surface area (Å²) < 4.78 is 0. The zero-order chi connectivity index (χ0) is 3.54. The minimum atomic E-state index is 0. The topological polar surface area (TPSA) is 24.4 Å². The first-order valence-corrected chi connectivity index (χ1v) is 1.72. The first-order chi connectivity index (χ1) is 2.50. The van der Waals surface area contributed by atoms with E-state index in [1.807, 2.05) is 0 Å². The van der Waals surface area contributed by atoms with E-state index < -0.39 is 0 Å². The Bertz CT molecular complexity index is 46.8. The maximum Gasteiger partial charge on any atom is 0.0825 e. The van der Waals surface area contributed by atoms with Crippen LogP contribution >= 0.6 is 0 Å². The van der Waals surface area contributed by atoms with Crippen molar-refractivity contribution < 1.29 is 17.1 Å². The fourth-order valence-corrected chi connectivity index (χ4v) is 0.323. The van der Waals surface area contributed by atoms with Gasteiger partial charge in [-0.2, -0.15) is 0 Å². The second-order valence-corrected chi connectivity index (χ2v) is 0.989. The Kier molecular flexibility index (Phi) is 3.18. The number of nitrogens with zero attached hydrogens (tertiary/aromatic N) is 1. The predicted octanol–water partition coefficient (Wildman–Crippen LogP) is -0.385. The molecule has 0 aromatic rings. The molecule has 3 heteroatoms. The van der Waals surface area contributed by atoms with Crippen molar-refractivity contribution in [3.63, 3.8) is 0 Å². The molecule has 1 heterocycles. The van der Waals surface area contributed by atoms with Crippen LogP contribution in [0.2, 0.25) is 0 Å². The summed E-state index contributed by atoms with van der Waals surface area (Å²) in [6.45, 7) is 1.99. The molecule has 36 valence electrons. The van der Waals surface area contributed by atoms with Crippen LogP contribution < -0.4 is 5.32 Å². The van der Waals surface area contributed by atoms with Crippen LogP contribution in [-0.2, 0) is 17.1 Å². The molecule has 1 aliphatic heterocycles. The molecular formula is C3H6FeN2. The van der Waals surface area contributed by atoms with Crippen molar-refractivity contribution >= 4 is 6.34 Å². The van der Waals surface area contributed by atoms with Gasteiger partial charge in [0.05, 0.1) is 12.9 Å². The molecule has 2 nitrogen and oxygen atoms in total. The van der Waals surface area contributed by atoms with Crippen molar-refractivity contribution in [1.29, 1.82) is 0 Å². The van der Waals surface area contributed by atoms with Gasteiger partial charge in [0.1, 0.15) is 0 Å². The first kappa shape index (κ1) is 5.99. The van der Waals surface area contributed by atoms with Gasteiger partial charge in [0.25, 0.3) is 0 Å². The fraction of sp³-hybridized carbons (Fsp3) is 0.667. The number of hydrogen-bond acceptors (Lipinski definition) is 2. The van der Waals surface area contributed by atoms with E-state index in [2.05, 4.69) is 10.3 Å². The second kappa shape index (κ2) is 3.19. The molecule has 1 rings (SSSR count). The maximum atomic E-state index is 3.85. The third kappa shape index (κ3) is 1.43. The van der Waals surface area contributed by atoms with Gasteiger partial charge in [0.15, 0.2) is 0 Å². The van der Waals surface area contributed by atoms with Gasteiger partial charge in [-0.05, 0) is 0 Å². The SMILES string of the molecule is C1=NCCN1.[Fe]. The van der Waals surface area contributed by atoms with Crippen LogP contribution in [0, 0.1) is 0 Å². The normalized spacial score (nSPS) is 16.0. The van der Waals surface area contributed by atoms with E-state index in [1.54, 1.807) is 6.34 Å². The average Bonchev–Trinajstić information content (AvgIpc) is 1.76. The standard InChI is InChI=1S/C3H6N2.Fe/c1-2-5-3-4-1;/h3H,1-2H2,(H,4,5);. The van der Waals surface area contributed by atoms with E-state index in [4.69, 9.17) is 0 Å². The molecule has 0 bridgehead atoms. The molecule has 0 aromatic heterocycles. The van der Waals surface area contributed by atoms with Crippen molar-refractivity contribution in [2.75, 3.05) is 13.1 Å². The summed E-state index contributed by atoms with van der Waals surface area (Å²) in [6, 6.07) is 0. The van der Waals surface area contributed by atoms with Crippen molar-refractivity contribution in [1.82, 2.24) is 5.32 Å². The minimum Gasteiger partial charge on any atom is -0.375 e. The maximum absolute atomic E-state index is 3.85. The number of nitrogens with one attached hydrogen (secondary N) is 1. The van der Waals surface area contributed by atoms with Crippen LogP contribution in [-0.4, -0.2) is 19.4 Å². The summed E-state index contributed by atoms with van der Waals surface area (Å²) in [5.41, 5.74) is 0. The minimum absolute atomic E-state index is 0. The van der Waals surface area contributed by atoms with E-state index in [1.165, 1.54) is 0 Å². The van der Waals surface area contributed by atoms with Crippen LogP contribution in [0.25, 0.3) is 0 Å². The van der Waals surface area contributed by atoms with E-state index >= 15 is 0 Å². The predicted molar refractivity (Wildman–Crippen MR) is 21.4 cm³/mol. The number of rotatable bonds is 0. The quantitative estimate of drug-likeness (QED) is 0.439. The van der Waals surface area contributed by atoms with Crippen LogP contribution in [0.5, 0.6) is 0 Å². The van der Waals surface area contributed by atoms with E-state index in [0.717, 1.165) is 13.1 Å². The molecular weight excluding hydrogens is 120 g/mol. The van der Waals surface area contributed by atoms with E-state index in [0.29, 0.717) is 0 Å². The van der Waals surface area contributed by atoms with Crippen molar-refractivity contribution in [3.05, 3.63) is 0 Å². The van der Waals surface area contributed by atoms with Crippen LogP contribution in [0.1, 0.15) is 0 Å². The molecule has 0 unspecified atom stereocenters. The first-order valence-electron chi connectivity index (χ1n) is 1.72. The molecule has 6 heavy (non-hydrogen) atoms. The Morgan fingerprint density at radius 2 is 2.50 bits per heavy atom. The molecule has 0 aliphatic carbocycles. The zero-order valence-corrected chi connectivity index (χ0v) is 4.40. The van der Waals surface area contributed by atoms with Gasteiger partial charge in [0, 0.05) is 23.6 Å². The van der Waals surface area contributed by atoms with Gasteiger partial charge in [0.2, 0.25) is 0 Å². The Labute approximate surface area is 47.5 Å². The van der Waals surface area contributed by atoms with Gasteiger partial charge in [-0.25, -0.2) is 0 Å². The van der Waals surface area contributed by atoms with Gasteiger partial charge >= 0.3 is 0 Å². The molecule has 0 saturated carbocycles. The van der Waals surface area contributed by atoms with Crippen molar-refractivity contribution in [3.8, 4) is 0 Å². The second-order valence-electron chi connectivity index (χ2n) is 0.989. The molecule has 1 aliphatic rings. The summed E-state index contributed by atoms with van der Waals surface area (Å²) >= 11 is 0. The molecule has 0 atom stereocenters.